The summed E-state index contributed by atoms with van der Waals surface area (Å²) in [7, 11) is -2.74. The second kappa shape index (κ2) is 16.3. The molecule has 0 aromatic heterocycles. The Morgan fingerprint density at radius 2 is 1.00 bits per heavy atom. The molecule has 0 spiro atoms. The molecule has 4 aromatic carbocycles. The van der Waals surface area contributed by atoms with Gasteiger partial charge in [0.05, 0.1) is 54.5 Å². The molecule has 0 unspecified atom stereocenters. The van der Waals surface area contributed by atoms with E-state index in [0.717, 1.165) is 17.7 Å². The van der Waals surface area contributed by atoms with Crippen molar-refractivity contribution in [3.05, 3.63) is 102 Å². The van der Waals surface area contributed by atoms with Gasteiger partial charge in [-0.2, -0.15) is 26.3 Å². The second-order valence-electron chi connectivity index (χ2n) is 11.7. The van der Waals surface area contributed by atoms with Gasteiger partial charge in [-0.05, 0) is 78.7 Å². The van der Waals surface area contributed by atoms with Crippen LogP contribution in [0, 0.1) is 56.3 Å². The third kappa shape index (κ3) is 7.93. The Hall–Kier alpha value is -6.15. The van der Waals surface area contributed by atoms with Crippen molar-refractivity contribution in [2.45, 2.75) is 34.5 Å². The molecular formula is C41H32F6N2O4S. The van der Waals surface area contributed by atoms with Crippen LogP contribution in [-0.4, -0.2) is 54.1 Å². The number of terminal acetylenes is 4. The zero-order chi connectivity index (χ0) is 39.9. The van der Waals surface area contributed by atoms with E-state index in [1.165, 1.54) is 53.3 Å². The third-order valence-corrected chi connectivity index (χ3v) is 10.1. The van der Waals surface area contributed by atoms with Gasteiger partial charge in [-0.3, -0.25) is 0 Å². The van der Waals surface area contributed by atoms with Crippen LogP contribution in [0.3, 0.4) is 0 Å². The first kappa shape index (κ1) is 40.6. The van der Waals surface area contributed by atoms with E-state index in [1.807, 2.05) is 0 Å². The van der Waals surface area contributed by atoms with E-state index < -0.39 is 38.7 Å². The number of alkyl halides is 6. The van der Waals surface area contributed by atoms with Crippen LogP contribution < -0.4 is 19.3 Å². The van der Waals surface area contributed by atoms with E-state index in [-0.39, 0.29) is 64.6 Å². The maximum absolute atomic E-state index is 15.4. The van der Waals surface area contributed by atoms with E-state index in [2.05, 4.69) is 23.7 Å². The van der Waals surface area contributed by atoms with E-state index >= 15 is 26.3 Å². The van der Waals surface area contributed by atoms with E-state index in [4.69, 9.17) is 35.2 Å². The summed E-state index contributed by atoms with van der Waals surface area (Å²) in [6, 6.07) is 15.9. The van der Waals surface area contributed by atoms with Gasteiger partial charge in [0.1, 0.15) is 11.5 Å². The number of ether oxygens (including phenoxy) is 2. The molecule has 0 N–H and O–H groups in total. The average molecular weight is 763 g/mol. The minimum atomic E-state index is -5.98. The number of nitrogens with zero attached hydrogens (tertiary/aromatic N) is 2. The molecule has 0 aliphatic heterocycles. The van der Waals surface area contributed by atoms with E-state index in [9.17, 15) is 8.42 Å². The zero-order valence-corrected chi connectivity index (χ0v) is 29.7. The normalized spacial score (nSPS) is 11.7. The molecule has 0 fully saturated rings. The van der Waals surface area contributed by atoms with Crippen molar-refractivity contribution >= 4 is 21.2 Å². The Morgan fingerprint density at radius 3 is 1.39 bits per heavy atom. The SMILES string of the molecule is C#CCN(CC#C)c1cc(C(c2ccc(Oc3ccc(S(=O)(=O)c4ccc(C)cc4)cc3)c(N(CC#C)CC#C)c2)(C(F)(F)F)C(F)(F)F)ccc1OC. The molecule has 4 rings (SSSR count). The maximum Gasteiger partial charge on any atom is 0.411 e. The van der Waals surface area contributed by atoms with Gasteiger partial charge in [-0.25, -0.2) is 8.42 Å². The number of sulfone groups is 1. The number of anilines is 2. The van der Waals surface area contributed by atoms with Crippen LogP contribution in [0.1, 0.15) is 16.7 Å². The molecule has 278 valence electrons. The molecule has 0 radical (unpaired) electrons. The molecule has 0 atom stereocenters. The van der Waals surface area contributed by atoms with Crippen LogP contribution in [-0.2, 0) is 15.3 Å². The summed E-state index contributed by atoms with van der Waals surface area (Å²) in [5.41, 5.74) is -6.71. The van der Waals surface area contributed by atoms with Crippen LogP contribution in [0.2, 0.25) is 0 Å². The monoisotopic (exact) mass is 762 g/mol. The van der Waals surface area contributed by atoms with Crippen LogP contribution in [0.15, 0.2) is 94.7 Å². The summed E-state index contributed by atoms with van der Waals surface area (Å²) in [6.07, 6.45) is 9.94. The summed E-state index contributed by atoms with van der Waals surface area (Å²) in [5.74, 6) is 8.91. The van der Waals surface area contributed by atoms with Gasteiger partial charge in [0.15, 0.2) is 5.75 Å². The third-order valence-electron chi connectivity index (χ3n) is 8.36. The lowest BCUT2D eigenvalue weighted by Gasteiger charge is -2.39. The molecule has 0 saturated heterocycles. The first-order valence-corrected chi connectivity index (χ1v) is 17.3. The topological polar surface area (TPSA) is 59.1 Å². The molecular weight excluding hydrogens is 731 g/mol. The van der Waals surface area contributed by atoms with Gasteiger partial charge in [-0.15, -0.1) is 25.7 Å². The summed E-state index contributed by atoms with van der Waals surface area (Å²) in [6.45, 7) is 0.635. The number of halogens is 6. The lowest BCUT2D eigenvalue weighted by Crippen LogP contribution is -2.55. The molecule has 6 nitrogen and oxygen atoms in total. The molecule has 0 bridgehead atoms. The molecule has 0 aliphatic rings. The second-order valence-corrected chi connectivity index (χ2v) is 13.7. The van der Waals surface area contributed by atoms with Gasteiger partial charge in [0.25, 0.3) is 0 Å². The maximum atomic E-state index is 15.4. The van der Waals surface area contributed by atoms with Gasteiger partial charge in [0.2, 0.25) is 15.3 Å². The van der Waals surface area contributed by atoms with Crippen LogP contribution >= 0.6 is 0 Å². The smallest absolute Gasteiger partial charge is 0.411 e. The number of hydrogen-bond acceptors (Lipinski definition) is 6. The Kier molecular flexibility index (Phi) is 12.2. The van der Waals surface area contributed by atoms with Crippen molar-refractivity contribution in [3.8, 4) is 66.6 Å². The van der Waals surface area contributed by atoms with Crippen LogP contribution in [0.25, 0.3) is 0 Å². The number of hydrogen-bond donors (Lipinski definition) is 0. The van der Waals surface area contributed by atoms with Gasteiger partial charge in [0, 0.05) is 0 Å². The lowest BCUT2D eigenvalue weighted by atomic mass is 9.72. The van der Waals surface area contributed by atoms with Crippen molar-refractivity contribution in [1.82, 2.24) is 0 Å². The molecule has 0 saturated carbocycles. The van der Waals surface area contributed by atoms with E-state index in [1.54, 1.807) is 19.1 Å². The molecule has 54 heavy (non-hydrogen) atoms. The van der Waals surface area contributed by atoms with Crippen molar-refractivity contribution in [1.29, 1.82) is 0 Å². The van der Waals surface area contributed by atoms with Crippen LogP contribution in [0.5, 0.6) is 17.2 Å². The number of benzene rings is 4. The minimum Gasteiger partial charge on any atom is -0.495 e. The van der Waals surface area contributed by atoms with Crippen molar-refractivity contribution < 1.29 is 44.2 Å². The molecule has 13 heteroatoms. The summed E-state index contributed by atoms with van der Waals surface area (Å²) in [4.78, 5) is 2.37. The predicted molar refractivity (Wildman–Crippen MR) is 195 cm³/mol. The van der Waals surface area contributed by atoms with Gasteiger partial charge in [-0.1, -0.05) is 53.5 Å². The Balaban J connectivity index is 1.95. The van der Waals surface area contributed by atoms with Crippen molar-refractivity contribution in [2.75, 3.05) is 43.1 Å². The van der Waals surface area contributed by atoms with Crippen LogP contribution in [0.4, 0.5) is 37.7 Å². The average Bonchev–Trinajstić information content (AvgIpc) is 3.11. The number of rotatable bonds is 13. The summed E-state index contributed by atoms with van der Waals surface area (Å²) in [5, 5.41) is 0. The van der Waals surface area contributed by atoms with Gasteiger partial charge < -0.3 is 19.3 Å². The molecule has 0 heterocycles. The molecule has 4 aromatic rings. The van der Waals surface area contributed by atoms with Gasteiger partial charge >= 0.3 is 12.4 Å². The number of methoxy groups -OCH3 is 1. The van der Waals surface area contributed by atoms with Crippen molar-refractivity contribution in [2.24, 2.45) is 0 Å². The van der Waals surface area contributed by atoms with Crippen molar-refractivity contribution in [3.63, 3.8) is 0 Å². The predicted octanol–water partition coefficient (Wildman–Crippen LogP) is 8.19. The summed E-state index contributed by atoms with van der Waals surface area (Å²) < 4.78 is 130. The first-order valence-electron chi connectivity index (χ1n) is 15.8. The fourth-order valence-corrected chi connectivity index (χ4v) is 7.06. The Bertz CT molecular complexity index is 2210. The largest absolute Gasteiger partial charge is 0.495 e. The Morgan fingerprint density at radius 1 is 0.611 bits per heavy atom. The molecule has 0 aliphatic carbocycles. The van der Waals surface area contributed by atoms with E-state index in [0.29, 0.717) is 24.3 Å². The lowest BCUT2D eigenvalue weighted by molar-refractivity contribution is -0.288. The molecule has 0 amide bonds. The first-order chi connectivity index (χ1) is 25.5. The quantitative estimate of drug-likeness (QED) is 0.101. The summed E-state index contributed by atoms with van der Waals surface area (Å²) >= 11 is 0. The number of aryl methyl sites for hydroxylation is 1. The highest BCUT2D eigenvalue weighted by Crippen LogP contribution is 2.58. The fourth-order valence-electron chi connectivity index (χ4n) is 5.80. The Labute approximate surface area is 310 Å². The highest BCUT2D eigenvalue weighted by Gasteiger charge is 2.72. The standard InChI is InChI=1S/C41H32F6N2O4S/c1-7-23-48(24-8-2)35-27-30(13-21-37(35)52-6)39(40(42,43)44,41(45,46)47)31-14-22-38(36(28-31)49(25-9-3)26-10-4)53-32-15-19-34(20-16-32)54(50,51)33-17-11-29(5)12-18-33/h1-4,11-22,27-28H,23-26H2,5-6H3. The highest BCUT2D eigenvalue weighted by atomic mass is 32.2. The zero-order valence-electron chi connectivity index (χ0n) is 28.9. The fraction of sp³-hybridized carbons (Fsp3) is 0.220. The minimum absolute atomic E-state index is 0.00745. The highest BCUT2D eigenvalue weighted by molar-refractivity contribution is 7.91.